The van der Waals surface area contributed by atoms with E-state index in [1.807, 2.05) is 24.3 Å². The number of hydrogen-bond donors (Lipinski definition) is 2. The molecule has 6 heteroatoms. The Hall–Kier alpha value is -2.73. The molecule has 0 bridgehead atoms. The van der Waals surface area contributed by atoms with E-state index in [2.05, 4.69) is 31.5 Å². The molecule has 0 aliphatic carbocycles. The maximum Gasteiger partial charge on any atom is 0.257 e. The highest BCUT2D eigenvalue weighted by Crippen LogP contribution is 2.21. The van der Waals surface area contributed by atoms with E-state index in [9.17, 15) is 9.18 Å². The first-order valence-electron chi connectivity index (χ1n) is 7.15. The summed E-state index contributed by atoms with van der Waals surface area (Å²) in [6.45, 7) is 0. The van der Waals surface area contributed by atoms with Crippen molar-refractivity contribution in [1.29, 1.82) is 0 Å². The van der Waals surface area contributed by atoms with Gasteiger partial charge in [0, 0.05) is 22.0 Å². The van der Waals surface area contributed by atoms with Gasteiger partial charge in [0.25, 0.3) is 5.91 Å². The van der Waals surface area contributed by atoms with Crippen molar-refractivity contribution in [2.45, 2.75) is 0 Å². The Balaban J connectivity index is 1.76. The van der Waals surface area contributed by atoms with E-state index in [0.717, 1.165) is 10.2 Å². The molecule has 0 atom stereocenters. The molecule has 1 heterocycles. The first-order valence-corrected chi connectivity index (χ1v) is 7.94. The molecule has 3 rings (SSSR count). The molecular formula is C18H13BrFN3O. The third kappa shape index (κ3) is 4.17. The normalized spacial score (nSPS) is 10.2. The summed E-state index contributed by atoms with van der Waals surface area (Å²) in [6.07, 6.45) is 3.08. The number of nitrogens with zero attached hydrogens (tertiary/aromatic N) is 1. The van der Waals surface area contributed by atoms with E-state index in [-0.39, 0.29) is 5.91 Å². The summed E-state index contributed by atoms with van der Waals surface area (Å²) < 4.78 is 14.1. The molecule has 0 saturated heterocycles. The Bertz CT molecular complexity index is 885. The average molecular weight is 386 g/mol. The Kier molecular flexibility index (Phi) is 4.86. The van der Waals surface area contributed by atoms with Gasteiger partial charge in [0.05, 0.1) is 17.4 Å². The fourth-order valence-electron chi connectivity index (χ4n) is 2.13. The highest BCUT2D eigenvalue weighted by atomic mass is 79.9. The number of rotatable bonds is 4. The van der Waals surface area contributed by atoms with E-state index in [0.29, 0.717) is 16.9 Å². The Labute approximate surface area is 146 Å². The predicted octanol–water partition coefficient (Wildman–Crippen LogP) is 4.98. The highest BCUT2D eigenvalue weighted by Gasteiger charge is 2.08. The van der Waals surface area contributed by atoms with Gasteiger partial charge in [-0.2, -0.15) is 0 Å². The van der Waals surface area contributed by atoms with Crippen LogP contribution in [0.2, 0.25) is 0 Å². The molecule has 1 amide bonds. The molecule has 0 unspecified atom stereocenters. The summed E-state index contributed by atoms with van der Waals surface area (Å²) in [5.74, 6) is -0.762. The zero-order valence-corrected chi connectivity index (χ0v) is 14.0. The van der Waals surface area contributed by atoms with Crippen molar-refractivity contribution in [2.75, 3.05) is 10.6 Å². The van der Waals surface area contributed by atoms with Crippen molar-refractivity contribution in [2.24, 2.45) is 0 Å². The van der Waals surface area contributed by atoms with Crippen LogP contribution in [-0.2, 0) is 0 Å². The minimum absolute atomic E-state index is 0.356. The van der Waals surface area contributed by atoms with Crippen LogP contribution in [0, 0.1) is 5.82 Å². The number of carbonyl (C=O) groups is 1. The number of amides is 1. The van der Waals surface area contributed by atoms with Gasteiger partial charge >= 0.3 is 0 Å². The van der Waals surface area contributed by atoms with Crippen LogP contribution in [0.25, 0.3) is 0 Å². The third-order valence-electron chi connectivity index (χ3n) is 3.20. The number of carbonyl (C=O) groups excluding carboxylic acids is 1. The number of pyridine rings is 1. The van der Waals surface area contributed by atoms with E-state index in [4.69, 9.17) is 0 Å². The highest BCUT2D eigenvalue weighted by molar-refractivity contribution is 9.10. The Morgan fingerprint density at radius 1 is 0.958 bits per heavy atom. The van der Waals surface area contributed by atoms with E-state index >= 15 is 0 Å². The van der Waals surface area contributed by atoms with Gasteiger partial charge in [-0.05, 0) is 42.5 Å². The standard InChI is InChI=1S/C18H13BrFN3O/c19-13-3-1-5-15(8-13)22-17-7-12(10-21-11-17)18(24)23-16-6-2-4-14(20)9-16/h1-11,22H,(H,23,24). The summed E-state index contributed by atoms with van der Waals surface area (Å²) in [5, 5.41) is 5.83. The van der Waals surface area contributed by atoms with Gasteiger partial charge in [-0.3, -0.25) is 9.78 Å². The first kappa shape index (κ1) is 16.1. The van der Waals surface area contributed by atoms with Gasteiger partial charge in [-0.1, -0.05) is 28.1 Å². The van der Waals surface area contributed by atoms with E-state index in [1.165, 1.54) is 24.4 Å². The molecule has 120 valence electrons. The minimum atomic E-state index is -0.406. The summed E-state index contributed by atoms with van der Waals surface area (Å²) in [4.78, 5) is 16.3. The SMILES string of the molecule is O=C(Nc1cccc(F)c1)c1cncc(Nc2cccc(Br)c2)c1. The lowest BCUT2D eigenvalue weighted by atomic mass is 10.2. The van der Waals surface area contributed by atoms with Crippen LogP contribution < -0.4 is 10.6 Å². The molecule has 3 aromatic rings. The second-order valence-corrected chi connectivity index (χ2v) is 5.98. The van der Waals surface area contributed by atoms with Gasteiger partial charge in [-0.15, -0.1) is 0 Å². The molecule has 4 nitrogen and oxygen atoms in total. The molecule has 0 fully saturated rings. The molecule has 2 aromatic carbocycles. The van der Waals surface area contributed by atoms with Gasteiger partial charge in [0.1, 0.15) is 5.82 Å². The van der Waals surface area contributed by atoms with Crippen LogP contribution in [0.3, 0.4) is 0 Å². The molecule has 1 aromatic heterocycles. The summed E-state index contributed by atoms with van der Waals surface area (Å²) >= 11 is 3.41. The lowest BCUT2D eigenvalue weighted by molar-refractivity contribution is 0.102. The quantitative estimate of drug-likeness (QED) is 0.665. The van der Waals surface area contributed by atoms with Crippen molar-refractivity contribution in [3.63, 3.8) is 0 Å². The molecule has 0 aliphatic heterocycles. The largest absolute Gasteiger partial charge is 0.354 e. The molecule has 2 N–H and O–H groups in total. The minimum Gasteiger partial charge on any atom is -0.354 e. The van der Waals surface area contributed by atoms with Crippen LogP contribution >= 0.6 is 15.9 Å². The van der Waals surface area contributed by atoms with Crippen molar-refractivity contribution in [3.05, 3.63) is 82.8 Å². The molecule has 0 aliphatic rings. The van der Waals surface area contributed by atoms with Crippen LogP contribution in [0.15, 0.2) is 71.5 Å². The zero-order chi connectivity index (χ0) is 16.9. The fourth-order valence-corrected chi connectivity index (χ4v) is 2.53. The Morgan fingerprint density at radius 3 is 2.54 bits per heavy atom. The van der Waals surface area contributed by atoms with Crippen molar-refractivity contribution in [1.82, 2.24) is 4.98 Å². The smallest absolute Gasteiger partial charge is 0.257 e. The van der Waals surface area contributed by atoms with Crippen molar-refractivity contribution in [3.8, 4) is 0 Å². The van der Waals surface area contributed by atoms with Crippen molar-refractivity contribution >= 4 is 38.9 Å². The predicted molar refractivity (Wildman–Crippen MR) is 96.0 cm³/mol. The Morgan fingerprint density at radius 2 is 1.75 bits per heavy atom. The van der Waals surface area contributed by atoms with Gasteiger partial charge in [0.2, 0.25) is 0 Å². The van der Waals surface area contributed by atoms with E-state index in [1.54, 1.807) is 18.3 Å². The number of hydrogen-bond acceptors (Lipinski definition) is 3. The summed E-state index contributed by atoms with van der Waals surface area (Å²) in [7, 11) is 0. The van der Waals surface area contributed by atoms with Crippen LogP contribution in [0.4, 0.5) is 21.5 Å². The maximum absolute atomic E-state index is 13.2. The molecule has 0 radical (unpaired) electrons. The zero-order valence-electron chi connectivity index (χ0n) is 12.5. The molecule has 24 heavy (non-hydrogen) atoms. The lowest BCUT2D eigenvalue weighted by Crippen LogP contribution is -2.12. The number of halogens is 2. The molecule has 0 spiro atoms. The first-order chi connectivity index (χ1) is 11.6. The van der Waals surface area contributed by atoms with E-state index < -0.39 is 5.82 Å². The van der Waals surface area contributed by atoms with Gasteiger partial charge < -0.3 is 10.6 Å². The fraction of sp³-hybridized carbons (Fsp3) is 0. The number of nitrogens with one attached hydrogen (secondary N) is 2. The number of aromatic nitrogens is 1. The molecule has 0 saturated carbocycles. The van der Waals surface area contributed by atoms with Crippen LogP contribution in [0.1, 0.15) is 10.4 Å². The van der Waals surface area contributed by atoms with Crippen LogP contribution in [-0.4, -0.2) is 10.9 Å². The topological polar surface area (TPSA) is 54.0 Å². The van der Waals surface area contributed by atoms with Gasteiger partial charge in [-0.25, -0.2) is 4.39 Å². The lowest BCUT2D eigenvalue weighted by Gasteiger charge is -2.09. The molecular weight excluding hydrogens is 373 g/mol. The van der Waals surface area contributed by atoms with Crippen molar-refractivity contribution < 1.29 is 9.18 Å². The maximum atomic E-state index is 13.2. The number of benzene rings is 2. The third-order valence-corrected chi connectivity index (χ3v) is 3.69. The van der Waals surface area contributed by atoms with Crippen LogP contribution in [0.5, 0.6) is 0 Å². The second kappa shape index (κ2) is 7.23. The number of anilines is 3. The van der Waals surface area contributed by atoms with Gasteiger partial charge in [0.15, 0.2) is 0 Å². The second-order valence-electron chi connectivity index (χ2n) is 5.06. The monoisotopic (exact) mass is 385 g/mol. The summed E-state index contributed by atoms with van der Waals surface area (Å²) in [6, 6.07) is 15.1. The average Bonchev–Trinajstić information content (AvgIpc) is 2.55. The summed E-state index contributed by atoms with van der Waals surface area (Å²) in [5.41, 5.74) is 2.32.